The molecule has 0 saturated heterocycles. The van der Waals surface area contributed by atoms with Crippen LogP contribution >= 0.6 is 0 Å². The molecule has 1 aliphatic carbocycles. The van der Waals surface area contributed by atoms with Crippen molar-refractivity contribution < 1.29 is 4.79 Å². The van der Waals surface area contributed by atoms with E-state index in [0.717, 1.165) is 12.8 Å². The number of hydrogen-bond donors (Lipinski definition) is 2. The summed E-state index contributed by atoms with van der Waals surface area (Å²) >= 11 is 0. The first kappa shape index (κ1) is 6.55. The molecule has 0 unspecified atom stereocenters. The van der Waals surface area contributed by atoms with E-state index in [1.54, 1.807) is 0 Å². The topological polar surface area (TPSA) is 55.1 Å². The van der Waals surface area contributed by atoms with Crippen LogP contribution < -0.4 is 11.1 Å². The molecule has 3 nitrogen and oxygen atoms in total. The quantitative estimate of drug-likeness (QED) is 0.537. The highest BCUT2D eigenvalue weighted by Gasteiger charge is 2.28. The number of carbonyl (C=O) groups excluding carboxylic acids is 1. The van der Waals surface area contributed by atoms with Crippen molar-refractivity contribution in [1.29, 1.82) is 0 Å². The summed E-state index contributed by atoms with van der Waals surface area (Å²) in [6.45, 7) is 1.16. The Bertz CT molecular complexity index is 110. The maximum Gasteiger partial charge on any atom is 0.223 e. The van der Waals surface area contributed by atoms with Gasteiger partial charge in [-0.05, 0) is 12.8 Å². The molecule has 1 rings (SSSR count). The fourth-order valence-corrected chi connectivity index (χ4v) is 0.685. The molecule has 0 aromatic rings. The maximum absolute atomic E-state index is 10.8. The normalized spacial score (nSPS) is 17.4. The SMILES string of the molecule is NCCNC(=O)C1CC1. The summed E-state index contributed by atoms with van der Waals surface area (Å²) in [5.41, 5.74) is 5.18. The van der Waals surface area contributed by atoms with Crippen molar-refractivity contribution in [3.63, 3.8) is 0 Å². The largest absolute Gasteiger partial charge is 0.355 e. The molecular formula is C6H12N2O. The standard InChI is InChI=1S/C6H12N2O/c7-3-4-8-6(9)5-1-2-5/h5H,1-4,7H2,(H,8,9). The summed E-state index contributed by atoms with van der Waals surface area (Å²) in [7, 11) is 0. The second-order valence-corrected chi connectivity index (χ2v) is 2.35. The van der Waals surface area contributed by atoms with Crippen LogP contribution in [0.4, 0.5) is 0 Å². The molecule has 0 bridgehead atoms. The van der Waals surface area contributed by atoms with E-state index >= 15 is 0 Å². The van der Waals surface area contributed by atoms with Crippen molar-refractivity contribution in [2.75, 3.05) is 13.1 Å². The molecule has 1 fully saturated rings. The monoisotopic (exact) mass is 128 g/mol. The van der Waals surface area contributed by atoms with Gasteiger partial charge in [-0.15, -0.1) is 0 Å². The van der Waals surface area contributed by atoms with Crippen molar-refractivity contribution in [1.82, 2.24) is 5.32 Å². The van der Waals surface area contributed by atoms with Gasteiger partial charge in [-0.3, -0.25) is 4.79 Å². The van der Waals surface area contributed by atoms with Gasteiger partial charge in [-0.25, -0.2) is 0 Å². The molecule has 0 atom stereocenters. The first-order valence-electron chi connectivity index (χ1n) is 3.32. The lowest BCUT2D eigenvalue weighted by Gasteiger charge is -1.98. The Labute approximate surface area is 54.6 Å². The van der Waals surface area contributed by atoms with Crippen LogP contribution in [0.5, 0.6) is 0 Å². The van der Waals surface area contributed by atoms with Crippen LogP contribution in [0.15, 0.2) is 0 Å². The van der Waals surface area contributed by atoms with Crippen LogP contribution in [0.25, 0.3) is 0 Å². The fourth-order valence-electron chi connectivity index (χ4n) is 0.685. The molecule has 3 N–H and O–H groups in total. The Morgan fingerprint density at radius 2 is 2.33 bits per heavy atom. The summed E-state index contributed by atoms with van der Waals surface area (Å²) in [5, 5.41) is 2.73. The Morgan fingerprint density at radius 1 is 1.67 bits per heavy atom. The highest BCUT2D eigenvalue weighted by atomic mass is 16.2. The summed E-state index contributed by atoms with van der Waals surface area (Å²) in [5.74, 6) is 0.497. The van der Waals surface area contributed by atoms with E-state index in [0.29, 0.717) is 19.0 Å². The summed E-state index contributed by atoms with van der Waals surface area (Å²) in [4.78, 5) is 10.8. The van der Waals surface area contributed by atoms with Crippen molar-refractivity contribution >= 4 is 5.91 Å². The third-order valence-electron chi connectivity index (χ3n) is 1.39. The van der Waals surface area contributed by atoms with Gasteiger partial charge in [-0.1, -0.05) is 0 Å². The van der Waals surface area contributed by atoms with Gasteiger partial charge < -0.3 is 11.1 Å². The number of nitrogens with one attached hydrogen (secondary N) is 1. The van der Waals surface area contributed by atoms with Gasteiger partial charge in [0.1, 0.15) is 0 Å². The first-order valence-corrected chi connectivity index (χ1v) is 3.32. The van der Waals surface area contributed by atoms with Gasteiger partial charge in [0.2, 0.25) is 5.91 Å². The van der Waals surface area contributed by atoms with Crippen molar-refractivity contribution in [2.45, 2.75) is 12.8 Å². The average molecular weight is 128 g/mol. The van der Waals surface area contributed by atoms with E-state index < -0.39 is 0 Å². The minimum atomic E-state index is 0.181. The number of rotatable bonds is 3. The molecule has 3 heteroatoms. The zero-order chi connectivity index (χ0) is 6.69. The average Bonchev–Trinajstić information content (AvgIpc) is 2.63. The predicted molar refractivity (Wildman–Crippen MR) is 34.8 cm³/mol. The molecule has 0 aliphatic heterocycles. The number of nitrogens with two attached hydrogens (primary N) is 1. The predicted octanol–water partition coefficient (Wildman–Crippen LogP) is -0.529. The van der Waals surface area contributed by atoms with Crippen LogP contribution in [0.1, 0.15) is 12.8 Å². The van der Waals surface area contributed by atoms with E-state index in [9.17, 15) is 4.79 Å². The lowest BCUT2D eigenvalue weighted by atomic mass is 10.4. The molecule has 1 aliphatic rings. The van der Waals surface area contributed by atoms with E-state index in [2.05, 4.69) is 5.32 Å². The minimum Gasteiger partial charge on any atom is -0.355 e. The number of carbonyl (C=O) groups is 1. The molecule has 1 amide bonds. The smallest absolute Gasteiger partial charge is 0.223 e. The second-order valence-electron chi connectivity index (χ2n) is 2.35. The summed E-state index contributed by atoms with van der Waals surface area (Å²) in [6.07, 6.45) is 2.13. The Hall–Kier alpha value is -0.570. The van der Waals surface area contributed by atoms with E-state index in [4.69, 9.17) is 5.73 Å². The molecule has 52 valence electrons. The zero-order valence-electron chi connectivity index (χ0n) is 5.39. The van der Waals surface area contributed by atoms with Gasteiger partial charge in [-0.2, -0.15) is 0 Å². The van der Waals surface area contributed by atoms with Crippen molar-refractivity contribution in [2.24, 2.45) is 11.7 Å². The number of hydrogen-bond acceptors (Lipinski definition) is 2. The molecule has 0 radical (unpaired) electrons. The minimum absolute atomic E-state index is 0.181. The van der Waals surface area contributed by atoms with Gasteiger partial charge in [0, 0.05) is 19.0 Å². The van der Waals surface area contributed by atoms with Crippen LogP contribution in [-0.2, 0) is 4.79 Å². The molecule has 0 aromatic heterocycles. The molecule has 0 aromatic carbocycles. The maximum atomic E-state index is 10.8. The Kier molecular flexibility index (Phi) is 2.05. The number of amides is 1. The lowest BCUT2D eigenvalue weighted by molar-refractivity contribution is -0.122. The molecule has 0 heterocycles. The summed E-state index contributed by atoms with van der Waals surface area (Å²) < 4.78 is 0. The molecule has 0 spiro atoms. The lowest BCUT2D eigenvalue weighted by Crippen LogP contribution is -2.29. The summed E-state index contributed by atoms with van der Waals surface area (Å²) in [6, 6.07) is 0. The third kappa shape index (κ3) is 2.01. The third-order valence-corrected chi connectivity index (χ3v) is 1.39. The Balaban J connectivity index is 2.03. The van der Waals surface area contributed by atoms with Crippen molar-refractivity contribution in [3.05, 3.63) is 0 Å². The molecule has 1 saturated carbocycles. The van der Waals surface area contributed by atoms with Crippen LogP contribution in [-0.4, -0.2) is 19.0 Å². The van der Waals surface area contributed by atoms with Crippen LogP contribution in [0.2, 0.25) is 0 Å². The Morgan fingerprint density at radius 3 is 2.78 bits per heavy atom. The van der Waals surface area contributed by atoms with Gasteiger partial charge in [0.15, 0.2) is 0 Å². The van der Waals surface area contributed by atoms with Crippen LogP contribution in [0, 0.1) is 5.92 Å². The zero-order valence-corrected chi connectivity index (χ0v) is 5.39. The highest BCUT2D eigenvalue weighted by Crippen LogP contribution is 2.28. The second kappa shape index (κ2) is 2.82. The fraction of sp³-hybridized carbons (Fsp3) is 0.833. The van der Waals surface area contributed by atoms with Gasteiger partial charge in [0.25, 0.3) is 0 Å². The molecule has 9 heavy (non-hydrogen) atoms. The first-order chi connectivity index (χ1) is 4.34. The van der Waals surface area contributed by atoms with E-state index in [1.165, 1.54) is 0 Å². The van der Waals surface area contributed by atoms with E-state index in [-0.39, 0.29) is 5.91 Å². The van der Waals surface area contributed by atoms with Crippen LogP contribution in [0.3, 0.4) is 0 Å². The van der Waals surface area contributed by atoms with Gasteiger partial charge in [0.05, 0.1) is 0 Å². The van der Waals surface area contributed by atoms with Crippen molar-refractivity contribution in [3.8, 4) is 0 Å². The highest BCUT2D eigenvalue weighted by molar-refractivity contribution is 5.80. The molecular weight excluding hydrogens is 116 g/mol. The van der Waals surface area contributed by atoms with E-state index in [1.807, 2.05) is 0 Å². The van der Waals surface area contributed by atoms with Gasteiger partial charge >= 0.3 is 0 Å².